The Balaban J connectivity index is 1.67. The van der Waals surface area contributed by atoms with Gasteiger partial charge in [-0.15, -0.1) is 0 Å². The van der Waals surface area contributed by atoms with E-state index in [1.807, 2.05) is 0 Å². The molecule has 2 heterocycles. The number of hydrogen-bond donors (Lipinski definition) is 2. The molecule has 136 valence electrons. The van der Waals surface area contributed by atoms with Gasteiger partial charge in [-0.2, -0.15) is 0 Å². The first kappa shape index (κ1) is 18.0. The minimum absolute atomic E-state index is 0.105. The number of rotatable bonds is 5. The van der Waals surface area contributed by atoms with Crippen molar-refractivity contribution >= 4 is 35.0 Å². The standard InChI is InChI=1S/C18H18ClN3O4/c1-20-17(24)11-4-5-14(19)15(7-11)21-18(25)12-8-16(23)22(9-12)10-13-3-2-6-26-13/h2-7,12H,8-10H2,1H3,(H,20,24)(H,21,25). The Morgan fingerprint density at radius 3 is 2.85 bits per heavy atom. The number of nitrogens with one attached hydrogen (secondary N) is 2. The minimum atomic E-state index is -0.489. The van der Waals surface area contributed by atoms with Gasteiger partial charge < -0.3 is 20.0 Å². The van der Waals surface area contributed by atoms with Crippen molar-refractivity contribution in [1.29, 1.82) is 0 Å². The monoisotopic (exact) mass is 375 g/mol. The van der Waals surface area contributed by atoms with Crippen molar-refractivity contribution in [2.24, 2.45) is 5.92 Å². The second-order valence-corrected chi connectivity index (χ2v) is 6.42. The van der Waals surface area contributed by atoms with Crippen LogP contribution in [0, 0.1) is 5.92 Å². The number of benzene rings is 1. The highest BCUT2D eigenvalue weighted by Crippen LogP contribution is 2.26. The van der Waals surface area contributed by atoms with Crippen LogP contribution in [0.3, 0.4) is 0 Å². The smallest absolute Gasteiger partial charge is 0.251 e. The lowest BCUT2D eigenvalue weighted by atomic mass is 10.1. The van der Waals surface area contributed by atoms with E-state index in [9.17, 15) is 14.4 Å². The van der Waals surface area contributed by atoms with Gasteiger partial charge >= 0.3 is 0 Å². The van der Waals surface area contributed by atoms with Crippen LogP contribution in [0.4, 0.5) is 5.69 Å². The fraction of sp³-hybridized carbons (Fsp3) is 0.278. The SMILES string of the molecule is CNC(=O)c1ccc(Cl)c(NC(=O)C2CC(=O)N(Cc3ccco3)C2)c1. The number of likely N-dealkylation sites (tertiary alicyclic amines) is 1. The summed E-state index contributed by atoms with van der Waals surface area (Å²) in [4.78, 5) is 38.0. The number of anilines is 1. The van der Waals surface area contributed by atoms with Crippen LogP contribution in [-0.4, -0.2) is 36.2 Å². The van der Waals surface area contributed by atoms with Gasteiger partial charge in [-0.05, 0) is 30.3 Å². The first-order chi connectivity index (χ1) is 12.5. The predicted molar refractivity (Wildman–Crippen MR) is 95.7 cm³/mol. The van der Waals surface area contributed by atoms with Gasteiger partial charge in [0.05, 0.1) is 29.4 Å². The van der Waals surface area contributed by atoms with Gasteiger partial charge in [0.25, 0.3) is 5.91 Å². The maximum absolute atomic E-state index is 12.5. The van der Waals surface area contributed by atoms with E-state index >= 15 is 0 Å². The summed E-state index contributed by atoms with van der Waals surface area (Å²) in [5.74, 6) is -0.515. The van der Waals surface area contributed by atoms with E-state index in [2.05, 4.69) is 10.6 Å². The average Bonchev–Trinajstić information content (AvgIpc) is 3.27. The van der Waals surface area contributed by atoms with Crippen LogP contribution in [-0.2, 0) is 16.1 Å². The van der Waals surface area contributed by atoms with E-state index in [4.69, 9.17) is 16.0 Å². The lowest BCUT2D eigenvalue weighted by Crippen LogP contribution is -2.28. The van der Waals surface area contributed by atoms with E-state index < -0.39 is 5.92 Å². The summed E-state index contributed by atoms with van der Waals surface area (Å²) in [6.45, 7) is 0.640. The summed E-state index contributed by atoms with van der Waals surface area (Å²) in [6.07, 6.45) is 1.67. The second-order valence-electron chi connectivity index (χ2n) is 6.02. The van der Waals surface area contributed by atoms with Crippen LogP contribution in [0.15, 0.2) is 41.0 Å². The molecule has 0 spiro atoms. The van der Waals surface area contributed by atoms with E-state index in [0.717, 1.165) is 0 Å². The Morgan fingerprint density at radius 1 is 1.35 bits per heavy atom. The van der Waals surface area contributed by atoms with Crippen molar-refractivity contribution in [2.75, 3.05) is 18.9 Å². The summed E-state index contributed by atoms with van der Waals surface area (Å²) >= 11 is 6.11. The Labute approximate surface area is 155 Å². The highest BCUT2D eigenvalue weighted by molar-refractivity contribution is 6.34. The number of carbonyl (C=O) groups is 3. The molecule has 8 heteroatoms. The van der Waals surface area contributed by atoms with Gasteiger partial charge in [-0.1, -0.05) is 11.6 Å². The molecule has 26 heavy (non-hydrogen) atoms. The molecule has 1 atom stereocenters. The molecule has 7 nitrogen and oxygen atoms in total. The van der Waals surface area contributed by atoms with E-state index in [1.165, 1.54) is 13.1 Å². The zero-order chi connectivity index (χ0) is 18.7. The van der Waals surface area contributed by atoms with Crippen LogP contribution in [0.1, 0.15) is 22.5 Å². The first-order valence-electron chi connectivity index (χ1n) is 8.10. The van der Waals surface area contributed by atoms with Crippen LogP contribution in [0.2, 0.25) is 5.02 Å². The van der Waals surface area contributed by atoms with Crippen molar-refractivity contribution in [3.8, 4) is 0 Å². The molecule has 2 N–H and O–H groups in total. The third kappa shape index (κ3) is 3.88. The first-order valence-corrected chi connectivity index (χ1v) is 8.48. The van der Waals surface area contributed by atoms with Gasteiger partial charge in [0.2, 0.25) is 11.8 Å². The summed E-state index contributed by atoms with van der Waals surface area (Å²) < 4.78 is 5.25. The largest absolute Gasteiger partial charge is 0.467 e. The predicted octanol–water partition coefficient (Wildman–Crippen LogP) is 2.28. The number of furan rings is 1. The third-order valence-electron chi connectivity index (χ3n) is 4.23. The highest BCUT2D eigenvalue weighted by Gasteiger charge is 2.34. The molecule has 0 aliphatic carbocycles. The summed E-state index contributed by atoms with van der Waals surface area (Å²) in [6, 6.07) is 8.16. The van der Waals surface area contributed by atoms with Crippen molar-refractivity contribution in [2.45, 2.75) is 13.0 Å². The molecule has 1 saturated heterocycles. The van der Waals surface area contributed by atoms with Crippen LogP contribution >= 0.6 is 11.6 Å². The zero-order valence-electron chi connectivity index (χ0n) is 14.1. The number of nitrogens with zero attached hydrogens (tertiary/aromatic N) is 1. The molecule has 1 aliphatic rings. The lowest BCUT2D eigenvalue weighted by molar-refractivity contribution is -0.128. The maximum Gasteiger partial charge on any atom is 0.251 e. The van der Waals surface area contributed by atoms with Gasteiger partial charge in [-0.3, -0.25) is 14.4 Å². The van der Waals surface area contributed by atoms with Crippen molar-refractivity contribution in [3.63, 3.8) is 0 Å². The number of carbonyl (C=O) groups excluding carboxylic acids is 3. The van der Waals surface area contributed by atoms with E-state index in [-0.39, 0.29) is 24.1 Å². The molecular weight excluding hydrogens is 358 g/mol. The molecule has 3 rings (SSSR count). The normalized spacial score (nSPS) is 16.6. The summed E-state index contributed by atoms with van der Waals surface area (Å²) in [5.41, 5.74) is 0.726. The van der Waals surface area contributed by atoms with Crippen LogP contribution < -0.4 is 10.6 Å². The third-order valence-corrected chi connectivity index (χ3v) is 4.56. The van der Waals surface area contributed by atoms with Gasteiger partial charge in [0.15, 0.2) is 0 Å². The zero-order valence-corrected chi connectivity index (χ0v) is 14.9. The molecule has 2 aromatic rings. The van der Waals surface area contributed by atoms with Crippen molar-refractivity contribution in [1.82, 2.24) is 10.2 Å². The Hall–Kier alpha value is -2.80. The fourth-order valence-electron chi connectivity index (χ4n) is 2.83. The summed E-state index contributed by atoms with van der Waals surface area (Å²) in [5, 5.41) is 5.55. The number of amides is 3. The van der Waals surface area contributed by atoms with E-state index in [0.29, 0.717) is 35.1 Å². The molecule has 0 saturated carbocycles. The van der Waals surface area contributed by atoms with Crippen LogP contribution in [0.25, 0.3) is 0 Å². The van der Waals surface area contributed by atoms with Gasteiger partial charge in [0, 0.05) is 25.6 Å². The summed E-state index contributed by atoms with van der Waals surface area (Å²) in [7, 11) is 1.52. The Bertz CT molecular complexity index is 835. The van der Waals surface area contributed by atoms with Crippen molar-refractivity contribution < 1.29 is 18.8 Å². The van der Waals surface area contributed by atoms with Gasteiger partial charge in [0.1, 0.15) is 5.76 Å². The van der Waals surface area contributed by atoms with Crippen LogP contribution in [0.5, 0.6) is 0 Å². The topological polar surface area (TPSA) is 91.7 Å². The Morgan fingerprint density at radius 2 is 2.15 bits per heavy atom. The van der Waals surface area contributed by atoms with Gasteiger partial charge in [-0.25, -0.2) is 0 Å². The number of hydrogen-bond acceptors (Lipinski definition) is 4. The van der Waals surface area contributed by atoms with E-state index in [1.54, 1.807) is 35.4 Å². The number of halogens is 1. The lowest BCUT2D eigenvalue weighted by Gasteiger charge is -2.15. The molecule has 1 aromatic heterocycles. The fourth-order valence-corrected chi connectivity index (χ4v) is 3.00. The molecule has 1 unspecified atom stereocenters. The quantitative estimate of drug-likeness (QED) is 0.838. The highest BCUT2D eigenvalue weighted by atomic mass is 35.5. The molecule has 1 aromatic carbocycles. The average molecular weight is 376 g/mol. The second kappa shape index (κ2) is 7.61. The maximum atomic E-state index is 12.5. The molecule has 1 aliphatic heterocycles. The molecule has 0 radical (unpaired) electrons. The molecule has 1 fully saturated rings. The molecular formula is C18H18ClN3O4. The minimum Gasteiger partial charge on any atom is -0.467 e. The molecule has 0 bridgehead atoms. The molecule has 3 amide bonds. The Kier molecular flexibility index (Phi) is 5.27. The van der Waals surface area contributed by atoms with Crippen molar-refractivity contribution in [3.05, 3.63) is 52.9 Å².